The van der Waals surface area contributed by atoms with Crippen molar-refractivity contribution in [2.75, 3.05) is 7.11 Å². The number of allylic oxidation sites excluding steroid dienone is 1. The fourth-order valence-corrected chi connectivity index (χ4v) is 3.66. The van der Waals surface area contributed by atoms with Gasteiger partial charge in [-0.25, -0.2) is 4.79 Å². The summed E-state index contributed by atoms with van der Waals surface area (Å²) < 4.78 is 4.74. The summed E-state index contributed by atoms with van der Waals surface area (Å²) in [5.41, 5.74) is 3.42. The zero-order chi connectivity index (χ0) is 14.2. The molecule has 106 valence electrons. The van der Waals surface area contributed by atoms with Gasteiger partial charge in [0.25, 0.3) is 0 Å². The number of hydrogen-bond acceptors (Lipinski definition) is 3. The van der Waals surface area contributed by atoms with Crippen LogP contribution in [0.25, 0.3) is 0 Å². The van der Waals surface area contributed by atoms with Crippen molar-refractivity contribution in [2.45, 2.75) is 38.5 Å². The molecule has 0 radical (unpaired) electrons. The highest BCUT2D eigenvalue weighted by Gasteiger charge is 2.39. The molecule has 0 aromatic heterocycles. The van der Waals surface area contributed by atoms with Crippen molar-refractivity contribution in [3.05, 3.63) is 46.7 Å². The minimum absolute atomic E-state index is 0.121. The number of carbonyl (C=O) groups is 1. The molecule has 0 saturated heterocycles. The molecule has 0 fully saturated rings. The van der Waals surface area contributed by atoms with Crippen LogP contribution in [-0.2, 0) is 22.4 Å². The van der Waals surface area contributed by atoms with Crippen molar-refractivity contribution >= 4 is 5.97 Å². The number of esters is 1. The van der Waals surface area contributed by atoms with Gasteiger partial charge in [-0.05, 0) is 48.6 Å². The Morgan fingerprint density at radius 2 is 1.85 bits per heavy atom. The van der Waals surface area contributed by atoms with Gasteiger partial charge in [0.2, 0.25) is 0 Å². The minimum atomic E-state index is -0.381. The molecule has 0 amide bonds. The molecule has 20 heavy (non-hydrogen) atoms. The highest BCUT2D eigenvalue weighted by Crippen LogP contribution is 2.47. The quantitative estimate of drug-likeness (QED) is 0.798. The third-order valence-electron chi connectivity index (χ3n) is 4.84. The number of ether oxygens (including phenoxy) is 1. The van der Waals surface area contributed by atoms with E-state index in [2.05, 4.69) is 24.3 Å². The Balaban J connectivity index is 1.84. The van der Waals surface area contributed by atoms with Crippen molar-refractivity contribution in [3.8, 4) is 0 Å². The van der Waals surface area contributed by atoms with Crippen LogP contribution in [0.2, 0.25) is 0 Å². The SMILES string of the molecule is COC(=O)C1=C(O)C[C@]2(CC1)CCc1ccccc1C2. The van der Waals surface area contributed by atoms with E-state index in [4.69, 9.17) is 4.74 Å². The van der Waals surface area contributed by atoms with Crippen LogP contribution in [0.4, 0.5) is 0 Å². The van der Waals surface area contributed by atoms with Crippen molar-refractivity contribution < 1.29 is 14.6 Å². The van der Waals surface area contributed by atoms with Crippen LogP contribution in [0.5, 0.6) is 0 Å². The zero-order valence-electron chi connectivity index (χ0n) is 11.8. The van der Waals surface area contributed by atoms with Gasteiger partial charge in [-0.1, -0.05) is 24.3 Å². The Bertz CT molecular complexity index is 573. The lowest BCUT2D eigenvalue weighted by molar-refractivity contribution is -0.136. The monoisotopic (exact) mass is 272 g/mol. The van der Waals surface area contributed by atoms with E-state index in [9.17, 15) is 9.90 Å². The Morgan fingerprint density at radius 1 is 1.15 bits per heavy atom. The normalized spacial score (nSPS) is 25.4. The summed E-state index contributed by atoms with van der Waals surface area (Å²) >= 11 is 0. The van der Waals surface area contributed by atoms with Gasteiger partial charge in [0.1, 0.15) is 5.76 Å². The van der Waals surface area contributed by atoms with Crippen LogP contribution >= 0.6 is 0 Å². The maximum atomic E-state index is 11.6. The largest absolute Gasteiger partial charge is 0.512 e. The smallest absolute Gasteiger partial charge is 0.337 e. The molecule has 3 heteroatoms. The van der Waals surface area contributed by atoms with E-state index < -0.39 is 0 Å². The first-order valence-corrected chi connectivity index (χ1v) is 7.20. The average molecular weight is 272 g/mol. The minimum Gasteiger partial charge on any atom is -0.512 e. The van der Waals surface area contributed by atoms with E-state index in [-0.39, 0.29) is 17.1 Å². The van der Waals surface area contributed by atoms with Gasteiger partial charge in [-0.15, -0.1) is 0 Å². The van der Waals surface area contributed by atoms with Crippen LogP contribution in [-0.4, -0.2) is 18.2 Å². The van der Waals surface area contributed by atoms with Crippen molar-refractivity contribution in [2.24, 2.45) is 5.41 Å². The molecular formula is C17H20O3. The second-order valence-electron chi connectivity index (χ2n) is 6.04. The Kier molecular flexibility index (Phi) is 3.28. The van der Waals surface area contributed by atoms with Crippen LogP contribution in [0.1, 0.15) is 36.8 Å². The lowest BCUT2D eigenvalue weighted by Gasteiger charge is -2.41. The lowest BCUT2D eigenvalue weighted by atomic mass is 9.64. The van der Waals surface area contributed by atoms with Crippen LogP contribution < -0.4 is 0 Å². The number of fused-ring (bicyclic) bond motifs is 1. The van der Waals surface area contributed by atoms with Crippen LogP contribution in [0.3, 0.4) is 0 Å². The fraction of sp³-hybridized carbons (Fsp3) is 0.471. The van der Waals surface area contributed by atoms with E-state index in [1.54, 1.807) is 0 Å². The first-order chi connectivity index (χ1) is 9.63. The molecule has 1 N–H and O–H groups in total. The van der Waals surface area contributed by atoms with Crippen LogP contribution in [0, 0.1) is 5.41 Å². The molecule has 0 unspecified atom stereocenters. The second-order valence-corrected chi connectivity index (χ2v) is 6.04. The zero-order valence-corrected chi connectivity index (χ0v) is 11.8. The third kappa shape index (κ3) is 2.21. The summed E-state index contributed by atoms with van der Waals surface area (Å²) in [5.74, 6) is -0.143. The summed E-state index contributed by atoms with van der Waals surface area (Å²) in [6, 6.07) is 8.55. The van der Waals surface area contributed by atoms with Gasteiger partial charge in [-0.3, -0.25) is 0 Å². The molecule has 3 rings (SSSR count). The summed E-state index contributed by atoms with van der Waals surface area (Å²) in [7, 11) is 1.36. The molecule has 2 aliphatic carbocycles. The number of benzene rings is 1. The number of rotatable bonds is 1. The molecule has 1 atom stereocenters. The van der Waals surface area contributed by atoms with E-state index >= 15 is 0 Å². The Hall–Kier alpha value is -1.77. The second kappa shape index (κ2) is 4.97. The molecule has 0 aliphatic heterocycles. The highest BCUT2D eigenvalue weighted by atomic mass is 16.5. The predicted octanol–water partition coefficient (Wildman–Crippen LogP) is 3.33. The van der Waals surface area contributed by atoms with E-state index in [0.717, 1.165) is 25.7 Å². The molecule has 0 heterocycles. The highest BCUT2D eigenvalue weighted by molar-refractivity contribution is 5.89. The Morgan fingerprint density at radius 3 is 2.55 bits per heavy atom. The summed E-state index contributed by atoms with van der Waals surface area (Å²) in [6.45, 7) is 0. The van der Waals surface area contributed by atoms with Gasteiger partial charge in [0.15, 0.2) is 0 Å². The third-order valence-corrected chi connectivity index (χ3v) is 4.84. The summed E-state index contributed by atoms with van der Waals surface area (Å²) in [4.78, 5) is 11.6. The van der Waals surface area contributed by atoms with Crippen molar-refractivity contribution in [1.82, 2.24) is 0 Å². The van der Waals surface area contributed by atoms with Gasteiger partial charge in [-0.2, -0.15) is 0 Å². The van der Waals surface area contributed by atoms with Gasteiger partial charge < -0.3 is 9.84 Å². The predicted molar refractivity (Wildman–Crippen MR) is 76.4 cm³/mol. The molecule has 2 aliphatic rings. The van der Waals surface area contributed by atoms with Gasteiger partial charge >= 0.3 is 5.97 Å². The number of hydrogen-bond donors (Lipinski definition) is 1. The van der Waals surface area contributed by atoms with Gasteiger partial charge in [0.05, 0.1) is 12.7 Å². The fourth-order valence-electron chi connectivity index (χ4n) is 3.66. The number of methoxy groups -OCH3 is 1. The molecule has 0 saturated carbocycles. The number of aliphatic hydroxyl groups is 1. The molecule has 3 nitrogen and oxygen atoms in total. The Labute approximate surface area is 119 Å². The number of carbonyl (C=O) groups excluding carboxylic acids is 1. The molecular weight excluding hydrogens is 252 g/mol. The van der Waals surface area contributed by atoms with E-state index in [1.165, 1.54) is 18.2 Å². The van der Waals surface area contributed by atoms with E-state index in [1.807, 2.05) is 0 Å². The van der Waals surface area contributed by atoms with Gasteiger partial charge in [0, 0.05) is 6.42 Å². The molecule has 1 spiro atoms. The van der Waals surface area contributed by atoms with Crippen molar-refractivity contribution in [3.63, 3.8) is 0 Å². The standard InChI is InChI=1S/C17H20O3/c1-20-16(19)14-7-9-17(11-15(14)18)8-6-12-4-2-3-5-13(12)10-17/h2-5,18H,6-11H2,1H3/t17-/m0/s1. The van der Waals surface area contributed by atoms with E-state index in [0.29, 0.717) is 18.4 Å². The van der Waals surface area contributed by atoms with Crippen molar-refractivity contribution in [1.29, 1.82) is 0 Å². The number of aliphatic hydroxyl groups excluding tert-OH is 1. The summed E-state index contributed by atoms with van der Waals surface area (Å²) in [6.07, 6.45) is 5.34. The first kappa shape index (κ1) is 13.2. The molecule has 0 bridgehead atoms. The lowest BCUT2D eigenvalue weighted by Crippen LogP contribution is -2.33. The maximum absolute atomic E-state index is 11.6. The molecule has 1 aromatic carbocycles. The van der Waals surface area contributed by atoms with Crippen LogP contribution in [0.15, 0.2) is 35.6 Å². The molecule has 1 aromatic rings. The first-order valence-electron chi connectivity index (χ1n) is 7.20. The topological polar surface area (TPSA) is 46.5 Å². The average Bonchev–Trinajstić information content (AvgIpc) is 2.46. The maximum Gasteiger partial charge on any atom is 0.337 e. The summed E-state index contributed by atoms with van der Waals surface area (Å²) in [5, 5.41) is 10.2. The number of aryl methyl sites for hydroxylation is 1.